The highest BCUT2D eigenvalue weighted by Gasteiger charge is 2.02. The van der Waals surface area contributed by atoms with Crippen molar-refractivity contribution in [3.63, 3.8) is 0 Å². The van der Waals surface area contributed by atoms with Crippen LogP contribution in [0.15, 0.2) is 22.1 Å². The number of hydrogen-bond acceptors (Lipinski definition) is 7. The Labute approximate surface area is 108 Å². The Morgan fingerprint density at radius 3 is 3.18 bits per heavy atom. The zero-order valence-corrected chi connectivity index (χ0v) is 11.1. The number of aromatic nitrogens is 4. The van der Waals surface area contributed by atoms with Gasteiger partial charge in [-0.15, -0.1) is 10.2 Å². The maximum atomic E-state index is 4.42. The first-order valence-corrected chi connectivity index (χ1v) is 7.19. The van der Waals surface area contributed by atoms with Crippen LogP contribution in [-0.2, 0) is 5.75 Å². The monoisotopic (exact) mass is 267 g/mol. The summed E-state index contributed by atoms with van der Waals surface area (Å²) in [6.07, 6.45) is 2.84. The minimum atomic E-state index is 0.696. The molecule has 0 spiro atoms. The summed E-state index contributed by atoms with van der Waals surface area (Å²) < 4.78 is 0.965. The lowest BCUT2D eigenvalue weighted by atomic mass is 10.4. The number of nitrogens with zero attached hydrogens (tertiary/aromatic N) is 4. The second-order valence-electron chi connectivity index (χ2n) is 3.29. The van der Waals surface area contributed by atoms with Crippen molar-refractivity contribution in [1.82, 2.24) is 20.2 Å². The van der Waals surface area contributed by atoms with E-state index in [1.165, 1.54) is 0 Å². The maximum Gasteiger partial charge on any atom is 0.222 e. The van der Waals surface area contributed by atoms with E-state index in [9.17, 15) is 0 Å². The molecule has 0 atom stereocenters. The van der Waals surface area contributed by atoms with Gasteiger partial charge in [0.2, 0.25) is 5.95 Å². The van der Waals surface area contributed by atoms with Crippen LogP contribution in [-0.4, -0.2) is 26.7 Å². The molecule has 0 amide bonds. The van der Waals surface area contributed by atoms with E-state index in [4.69, 9.17) is 0 Å². The first-order chi connectivity index (χ1) is 8.38. The molecule has 0 saturated heterocycles. The lowest BCUT2D eigenvalue weighted by molar-refractivity contribution is 0.944. The van der Waals surface area contributed by atoms with Gasteiger partial charge in [-0.25, -0.2) is 9.97 Å². The molecule has 0 bridgehead atoms. The molecule has 2 aromatic rings. The van der Waals surface area contributed by atoms with E-state index in [-0.39, 0.29) is 0 Å². The standard InChI is InChI=1S/C10H13N5S2/c1-2-4-11-9-12-5-3-8(14-9)6-16-10-15-13-7-17-10/h3,5,7H,2,4,6H2,1H3,(H,11,12,14). The first kappa shape index (κ1) is 12.3. The van der Waals surface area contributed by atoms with Gasteiger partial charge in [-0.3, -0.25) is 0 Å². The zero-order chi connectivity index (χ0) is 11.9. The second kappa shape index (κ2) is 6.51. The van der Waals surface area contributed by atoms with Crippen molar-refractivity contribution in [3.05, 3.63) is 23.5 Å². The van der Waals surface area contributed by atoms with Crippen LogP contribution >= 0.6 is 23.1 Å². The third kappa shape index (κ3) is 3.94. The van der Waals surface area contributed by atoms with Gasteiger partial charge in [-0.2, -0.15) is 0 Å². The Bertz CT molecular complexity index is 446. The van der Waals surface area contributed by atoms with Crippen LogP contribution in [0.5, 0.6) is 0 Å². The van der Waals surface area contributed by atoms with Crippen molar-refractivity contribution in [2.75, 3.05) is 11.9 Å². The zero-order valence-electron chi connectivity index (χ0n) is 9.46. The summed E-state index contributed by atoms with van der Waals surface area (Å²) in [7, 11) is 0. The largest absolute Gasteiger partial charge is 0.354 e. The third-order valence-electron chi connectivity index (χ3n) is 1.93. The normalized spacial score (nSPS) is 10.4. The van der Waals surface area contributed by atoms with Crippen molar-refractivity contribution in [3.8, 4) is 0 Å². The van der Waals surface area contributed by atoms with Crippen LogP contribution in [0.2, 0.25) is 0 Å². The maximum absolute atomic E-state index is 4.42. The van der Waals surface area contributed by atoms with Gasteiger partial charge in [0.1, 0.15) is 5.51 Å². The molecule has 0 unspecified atom stereocenters. The molecular weight excluding hydrogens is 254 g/mol. The fourth-order valence-corrected chi connectivity index (χ4v) is 2.55. The number of nitrogens with one attached hydrogen (secondary N) is 1. The summed E-state index contributed by atoms with van der Waals surface area (Å²) >= 11 is 3.18. The van der Waals surface area contributed by atoms with Gasteiger partial charge >= 0.3 is 0 Å². The van der Waals surface area contributed by atoms with Crippen LogP contribution in [0, 0.1) is 0 Å². The lowest BCUT2D eigenvalue weighted by Gasteiger charge is -2.04. The van der Waals surface area contributed by atoms with Gasteiger partial charge in [-0.05, 0) is 12.5 Å². The molecular formula is C10H13N5S2. The molecule has 0 saturated carbocycles. The van der Waals surface area contributed by atoms with Crippen molar-refractivity contribution in [1.29, 1.82) is 0 Å². The fraction of sp³-hybridized carbons (Fsp3) is 0.400. The molecule has 0 aliphatic rings. The van der Waals surface area contributed by atoms with E-state index < -0.39 is 0 Å². The topological polar surface area (TPSA) is 63.6 Å². The quantitative estimate of drug-likeness (QED) is 0.811. The average Bonchev–Trinajstić information content (AvgIpc) is 2.87. The molecule has 5 nitrogen and oxygen atoms in total. The molecule has 2 heterocycles. The lowest BCUT2D eigenvalue weighted by Crippen LogP contribution is -2.05. The summed E-state index contributed by atoms with van der Waals surface area (Å²) in [4.78, 5) is 8.59. The smallest absolute Gasteiger partial charge is 0.222 e. The minimum absolute atomic E-state index is 0.696. The number of hydrogen-bond donors (Lipinski definition) is 1. The molecule has 1 N–H and O–H groups in total. The Balaban J connectivity index is 1.91. The van der Waals surface area contributed by atoms with E-state index in [0.29, 0.717) is 5.95 Å². The Morgan fingerprint density at radius 2 is 2.41 bits per heavy atom. The average molecular weight is 267 g/mol. The Morgan fingerprint density at radius 1 is 1.47 bits per heavy atom. The molecule has 0 aliphatic carbocycles. The SMILES string of the molecule is CCCNc1nccc(CSc2nncs2)n1. The molecule has 90 valence electrons. The highest BCUT2D eigenvalue weighted by atomic mass is 32.2. The molecule has 7 heteroatoms. The van der Waals surface area contributed by atoms with Gasteiger partial charge in [0.15, 0.2) is 4.34 Å². The first-order valence-electron chi connectivity index (χ1n) is 5.33. The van der Waals surface area contributed by atoms with E-state index in [1.54, 1.807) is 34.8 Å². The van der Waals surface area contributed by atoms with E-state index in [1.807, 2.05) is 6.07 Å². The summed E-state index contributed by atoms with van der Waals surface area (Å²) in [5.41, 5.74) is 2.73. The Kier molecular flexibility index (Phi) is 4.69. The number of anilines is 1. The summed E-state index contributed by atoms with van der Waals surface area (Å²) in [5.74, 6) is 1.49. The van der Waals surface area contributed by atoms with Crippen molar-refractivity contribution in [2.24, 2.45) is 0 Å². The molecule has 0 radical (unpaired) electrons. The van der Waals surface area contributed by atoms with Crippen molar-refractivity contribution < 1.29 is 0 Å². The molecule has 0 aromatic carbocycles. The Hall–Kier alpha value is -1.21. The van der Waals surface area contributed by atoms with Gasteiger partial charge in [0.05, 0.1) is 5.69 Å². The molecule has 17 heavy (non-hydrogen) atoms. The van der Waals surface area contributed by atoms with E-state index >= 15 is 0 Å². The van der Waals surface area contributed by atoms with Crippen LogP contribution in [0.1, 0.15) is 19.0 Å². The predicted octanol–water partition coefficient (Wildman–Crippen LogP) is 2.44. The number of rotatable bonds is 6. The fourth-order valence-electron chi connectivity index (χ4n) is 1.16. The second-order valence-corrected chi connectivity index (χ2v) is 5.35. The number of thioether (sulfide) groups is 1. The van der Waals surface area contributed by atoms with E-state index in [2.05, 4.69) is 32.4 Å². The van der Waals surface area contributed by atoms with Gasteiger partial charge in [0.25, 0.3) is 0 Å². The third-order valence-corrected chi connectivity index (χ3v) is 3.82. The minimum Gasteiger partial charge on any atom is -0.354 e. The summed E-state index contributed by atoms with van der Waals surface area (Å²) in [6, 6.07) is 1.92. The summed E-state index contributed by atoms with van der Waals surface area (Å²) in [6.45, 7) is 3.01. The van der Waals surface area contributed by atoms with Crippen molar-refractivity contribution in [2.45, 2.75) is 23.4 Å². The van der Waals surface area contributed by atoms with Crippen molar-refractivity contribution >= 4 is 29.0 Å². The highest BCUT2D eigenvalue weighted by Crippen LogP contribution is 2.22. The van der Waals surface area contributed by atoms with Gasteiger partial charge in [-0.1, -0.05) is 30.0 Å². The predicted molar refractivity (Wildman–Crippen MR) is 70.3 cm³/mol. The molecule has 0 aliphatic heterocycles. The van der Waals surface area contributed by atoms with Crippen LogP contribution < -0.4 is 5.32 Å². The van der Waals surface area contributed by atoms with Crippen LogP contribution in [0.4, 0.5) is 5.95 Å². The highest BCUT2D eigenvalue weighted by molar-refractivity contribution is 8.00. The van der Waals surface area contributed by atoms with Crippen LogP contribution in [0.25, 0.3) is 0 Å². The van der Waals surface area contributed by atoms with Crippen LogP contribution in [0.3, 0.4) is 0 Å². The molecule has 2 rings (SSSR count). The molecule has 0 fully saturated rings. The van der Waals surface area contributed by atoms with Gasteiger partial charge in [0, 0.05) is 18.5 Å². The summed E-state index contributed by atoms with van der Waals surface area (Å²) in [5, 5.41) is 10.9. The molecule has 2 aromatic heterocycles. The van der Waals surface area contributed by atoms with Gasteiger partial charge < -0.3 is 5.32 Å². The van der Waals surface area contributed by atoms with E-state index in [0.717, 1.165) is 28.8 Å².